The van der Waals surface area contributed by atoms with Crippen molar-refractivity contribution in [3.05, 3.63) is 57.8 Å². The van der Waals surface area contributed by atoms with Crippen molar-refractivity contribution in [2.75, 3.05) is 6.54 Å². The number of hydrogen-bond acceptors (Lipinski definition) is 3. The van der Waals surface area contributed by atoms with E-state index >= 15 is 0 Å². The van der Waals surface area contributed by atoms with Crippen LogP contribution in [0.15, 0.2) is 41.8 Å². The molecule has 0 radical (unpaired) electrons. The van der Waals surface area contributed by atoms with Gasteiger partial charge in [-0.15, -0.1) is 11.3 Å². The van der Waals surface area contributed by atoms with E-state index in [0.717, 1.165) is 18.5 Å². The first-order chi connectivity index (χ1) is 9.34. The second-order valence-electron chi connectivity index (χ2n) is 4.90. The van der Waals surface area contributed by atoms with Crippen LogP contribution in [-0.4, -0.2) is 17.5 Å². The Bertz CT molecular complexity index is 622. The van der Waals surface area contributed by atoms with E-state index in [0.29, 0.717) is 0 Å². The van der Waals surface area contributed by atoms with Crippen molar-refractivity contribution in [3.63, 3.8) is 0 Å². The number of carbonyl (C=O) groups is 1. The highest BCUT2D eigenvalue weighted by Crippen LogP contribution is 2.47. The lowest BCUT2D eigenvalue weighted by molar-refractivity contribution is 0.130. The number of fused-ring (bicyclic) bond motifs is 3. The van der Waals surface area contributed by atoms with Gasteiger partial charge in [-0.25, -0.2) is 4.79 Å². The zero-order valence-electron chi connectivity index (χ0n) is 10.3. The normalized spacial score (nSPS) is 24.8. The number of amides is 1. The van der Waals surface area contributed by atoms with E-state index in [4.69, 9.17) is 4.74 Å². The number of cyclic esters (lactones) is 1. The summed E-state index contributed by atoms with van der Waals surface area (Å²) < 4.78 is 5.61. The predicted octanol–water partition coefficient (Wildman–Crippen LogP) is 3.54. The van der Waals surface area contributed by atoms with Gasteiger partial charge in [0.25, 0.3) is 0 Å². The Morgan fingerprint density at radius 2 is 2.05 bits per heavy atom. The first-order valence-electron chi connectivity index (χ1n) is 6.43. The standard InChI is InChI=1S/C15H13NO2S/c17-15-16-8-6-12-11(7-9-19-12)13(16)14(18-15)10-4-2-1-3-5-10/h1-5,7,9,13-14H,6,8H2/t13-,14-/m0/s1. The topological polar surface area (TPSA) is 29.5 Å². The molecule has 1 fully saturated rings. The van der Waals surface area contributed by atoms with E-state index in [-0.39, 0.29) is 18.2 Å². The summed E-state index contributed by atoms with van der Waals surface area (Å²) in [5, 5.41) is 2.11. The molecule has 0 spiro atoms. The summed E-state index contributed by atoms with van der Waals surface area (Å²) in [6, 6.07) is 12.2. The van der Waals surface area contributed by atoms with Gasteiger partial charge < -0.3 is 4.74 Å². The molecule has 0 unspecified atom stereocenters. The molecule has 96 valence electrons. The monoisotopic (exact) mass is 271 g/mol. The minimum atomic E-state index is -0.185. The second kappa shape index (κ2) is 4.10. The fourth-order valence-electron chi connectivity index (χ4n) is 3.01. The molecule has 1 aromatic heterocycles. The number of rotatable bonds is 1. The molecular formula is C15H13NO2S. The van der Waals surface area contributed by atoms with Gasteiger partial charge in [-0.2, -0.15) is 0 Å². The van der Waals surface area contributed by atoms with Crippen molar-refractivity contribution in [1.82, 2.24) is 4.90 Å². The van der Waals surface area contributed by atoms with E-state index < -0.39 is 0 Å². The largest absolute Gasteiger partial charge is 0.439 e. The highest BCUT2D eigenvalue weighted by atomic mass is 32.1. The van der Waals surface area contributed by atoms with Crippen LogP contribution in [0.2, 0.25) is 0 Å². The molecular weight excluding hydrogens is 258 g/mol. The quantitative estimate of drug-likeness (QED) is 0.794. The third kappa shape index (κ3) is 1.60. The summed E-state index contributed by atoms with van der Waals surface area (Å²) in [6.45, 7) is 0.764. The van der Waals surface area contributed by atoms with Crippen LogP contribution >= 0.6 is 11.3 Å². The zero-order chi connectivity index (χ0) is 12.8. The van der Waals surface area contributed by atoms with Gasteiger partial charge in [0.1, 0.15) is 6.04 Å². The molecule has 0 saturated carbocycles. The lowest BCUT2D eigenvalue weighted by Gasteiger charge is -2.29. The zero-order valence-corrected chi connectivity index (χ0v) is 11.1. The van der Waals surface area contributed by atoms with Gasteiger partial charge in [0.05, 0.1) is 0 Å². The number of benzene rings is 1. The Morgan fingerprint density at radius 3 is 2.89 bits per heavy atom. The van der Waals surface area contributed by atoms with Crippen molar-refractivity contribution in [2.45, 2.75) is 18.6 Å². The van der Waals surface area contributed by atoms with Crippen LogP contribution in [0.3, 0.4) is 0 Å². The molecule has 4 heteroatoms. The van der Waals surface area contributed by atoms with Crippen molar-refractivity contribution in [3.8, 4) is 0 Å². The van der Waals surface area contributed by atoms with Crippen molar-refractivity contribution in [2.24, 2.45) is 0 Å². The van der Waals surface area contributed by atoms with Crippen LogP contribution in [0.1, 0.15) is 28.1 Å². The number of thiophene rings is 1. The average molecular weight is 271 g/mol. The molecule has 2 atom stereocenters. The summed E-state index contributed by atoms with van der Waals surface area (Å²) in [5.74, 6) is 0. The van der Waals surface area contributed by atoms with E-state index in [2.05, 4.69) is 11.4 Å². The molecule has 1 aromatic carbocycles. The van der Waals surface area contributed by atoms with Crippen LogP contribution in [0, 0.1) is 0 Å². The van der Waals surface area contributed by atoms with E-state index in [1.807, 2.05) is 35.2 Å². The maximum absolute atomic E-state index is 12.0. The first-order valence-corrected chi connectivity index (χ1v) is 7.31. The minimum Gasteiger partial charge on any atom is -0.439 e. The van der Waals surface area contributed by atoms with Gasteiger partial charge in [0, 0.05) is 11.4 Å². The van der Waals surface area contributed by atoms with Gasteiger partial charge in [-0.1, -0.05) is 30.3 Å². The first kappa shape index (κ1) is 11.1. The molecule has 1 amide bonds. The maximum atomic E-state index is 12.0. The van der Waals surface area contributed by atoms with Gasteiger partial charge in [-0.3, -0.25) is 4.90 Å². The number of hydrogen-bond donors (Lipinski definition) is 0. The molecule has 4 rings (SSSR count). The maximum Gasteiger partial charge on any atom is 0.411 e. The summed E-state index contributed by atoms with van der Waals surface area (Å²) in [4.78, 5) is 15.3. The molecule has 2 aliphatic rings. The molecule has 19 heavy (non-hydrogen) atoms. The molecule has 3 nitrogen and oxygen atoms in total. The second-order valence-corrected chi connectivity index (χ2v) is 5.90. The molecule has 1 saturated heterocycles. The van der Waals surface area contributed by atoms with Crippen molar-refractivity contribution < 1.29 is 9.53 Å². The highest BCUT2D eigenvalue weighted by molar-refractivity contribution is 7.10. The Balaban J connectivity index is 1.81. The minimum absolute atomic E-state index is 0.0462. The Hall–Kier alpha value is -1.81. The van der Waals surface area contributed by atoms with E-state index in [1.54, 1.807) is 11.3 Å². The van der Waals surface area contributed by atoms with Gasteiger partial charge in [-0.05, 0) is 29.0 Å². The molecule has 2 aromatic rings. The number of carbonyl (C=O) groups excluding carboxylic acids is 1. The lowest BCUT2D eigenvalue weighted by atomic mass is 9.93. The van der Waals surface area contributed by atoms with Crippen molar-refractivity contribution >= 4 is 17.4 Å². The lowest BCUT2D eigenvalue weighted by Crippen LogP contribution is -2.33. The third-order valence-electron chi connectivity index (χ3n) is 3.89. The van der Waals surface area contributed by atoms with Crippen LogP contribution in [-0.2, 0) is 11.2 Å². The van der Waals surface area contributed by atoms with Crippen LogP contribution in [0.25, 0.3) is 0 Å². The number of ether oxygens (including phenoxy) is 1. The molecule has 3 heterocycles. The van der Waals surface area contributed by atoms with Gasteiger partial charge in [0.15, 0.2) is 6.10 Å². The fourth-order valence-corrected chi connectivity index (χ4v) is 3.92. The molecule has 2 aliphatic heterocycles. The summed E-state index contributed by atoms with van der Waals surface area (Å²) in [5.41, 5.74) is 2.33. The smallest absolute Gasteiger partial charge is 0.411 e. The molecule has 0 N–H and O–H groups in total. The predicted molar refractivity (Wildman–Crippen MR) is 73.1 cm³/mol. The van der Waals surface area contributed by atoms with Crippen LogP contribution in [0.5, 0.6) is 0 Å². The van der Waals surface area contributed by atoms with Gasteiger partial charge >= 0.3 is 6.09 Å². The Morgan fingerprint density at radius 1 is 1.21 bits per heavy atom. The van der Waals surface area contributed by atoms with Crippen LogP contribution < -0.4 is 0 Å². The Kier molecular flexibility index (Phi) is 2.38. The highest BCUT2D eigenvalue weighted by Gasteiger charge is 2.46. The fraction of sp³-hybridized carbons (Fsp3) is 0.267. The number of nitrogens with zero attached hydrogens (tertiary/aromatic N) is 1. The molecule has 0 aliphatic carbocycles. The van der Waals surface area contributed by atoms with E-state index in [9.17, 15) is 4.79 Å². The summed E-state index contributed by atoms with van der Waals surface area (Å²) in [6.07, 6.45) is 0.582. The Labute approximate surface area is 115 Å². The van der Waals surface area contributed by atoms with Gasteiger partial charge in [0.2, 0.25) is 0 Å². The third-order valence-corrected chi connectivity index (χ3v) is 4.89. The van der Waals surface area contributed by atoms with Crippen molar-refractivity contribution in [1.29, 1.82) is 0 Å². The SMILES string of the molecule is O=C1O[C@@H](c2ccccc2)[C@@H]2c3ccsc3CCN12. The average Bonchev–Trinajstić information content (AvgIpc) is 3.04. The summed E-state index contributed by atoms with van der Waals surface area (Å²) in [7, 11) is 0. The summed E-state index contributed by atoms with van der Waals surface area (Å²) >= 11 is 1.78. The van der Waals surface area contributed by atoms with Crippen LogP contribution in [0.4, 0.5) is 4.79 Å². The molecule has 0 bridgehead atoms. The van der Waals surface area contributed by atoms with E-state index in [1.165, 1.54) is 10.4 Å².